The maximum atomic E-state index is 9.74. The van der Waals surface area contributed by atoms with Gasteiger partial charge in [0.05, 0.1) is 46.0 Å². The van der Waals surface area contributed by atoms with Crippen molar-refractivity contribution in [2.75, 3.05) is 19.8 Å². The van der Waals surface area contributed by atoms with E-state index >= 15 is 0 Å². The Balaban J connectivity index is 1.58. The number of pyridine rings is 1. The molecule has 4 rings (SSSR count). The minimum atomic E-state index is -0.921. The number of aromatic nitrogens is 1. The number of nitrogens with zero attached hydrogens (tertiary/aromatic N) is 2. The summed E-state index contributed by atoms with van der Waals surface area (Å²) in [6.45, 7) is 4.30. The number of nitrogens with one attached hydrogen (secondary N) is 1. The van der Waals surface area contributed by atoms with Gasteiger partial charge in [-0.25, -0.2) is 0 Å². The van der Waals surface area contributed by atoms with Crippen LogP contribution in [0.2, 0.25) is 15.1 Å². The molecule has 0 radical (unpaired) electrons. The third kappa shape index (κ3) is 9.04. The average molecular weight is 685 g/mol. The van der Waals surface area contributed by atoms with Crippen molar-refractivity contribution in [1.29, 1.82) is 5.26 Å². The molecule has 0 atom stereocenters. The summed E-state index contributed by atoms with van der Waals surface area (Å²) in [6.07, 6.45) is 5.04. The van der Waals surface area contributed by atoms with Crippen LogP contribution in [0.25, 0.3) is 11.1 Å². The molecule has 1 heterocycles. The molecule has 0 spiro atoms. The topological polar surface area (TPSA) is 117 Å². The van der Waals surface area contributed by atoms with E-state index < -0.39 is 5.54 Å². The zero-order valence-electron chi connectivity index (χ0n) is 25.7. The Morgan fingerprint density at radius 2 is 1.57 bits per heavy atom. The number of aliphatic hydroxyl groups is 2. The average Bonchev–Trinajstić information content (AvgIpc) is 3.07. The van der Waals surface area contributed by atoms with Crippen molar-refractivity contribution in [3.8, 4) is 34.4 Å². The van der Waals surface area contributed by atoms with E-state index in [-0.39, 0.29) is 33.0 Å². The highest BCUT2D eigenvalue weighted by Crippen LogP contribution is 2.40. The van der Waals surface area contributed by atoms with Crippen molar-refractivity contribution in [3.05, 3.63) is 104 Å². The molecule has 0 aliphatic carbocycles. The number of hydrogen-bond acceptors (Lipinski definition) is 8. The first-order chi connectivity index (χ1) is 22.2. The maximum Gasteiger partial charge on any atom is 0.142 e. The van der Waals surface area contributed by atoms with Gasteiger partial charge in [-0.05, 0) is 31.5 Å². The van der Waals surface area contributed by atoms with Crippen molar-refractivity contribution >= 4 is 34.8 Å². The molecule has 0 bridgehead atoms. The lowest BCUT2D eigenvalue weighted by atomic mass is 10.0. The molecule has 0 aliphatic heterocycles. The number of rotatable bonds is 16. The van der Waals surface area contributed by atoms with Crippen LogP contribution in [0.15, 0.2) is 67.0 Å². The van der Waals surface area contributed by atoms with Gasteiger partial charge >= 0.3 is 0 Å². The first-order valence-corrected chi connectivity index (χ1v) is 15.9. The van der Waals surface area contributed by atoms with E-state index in [4.69, 9.17) is 49.0 Å². The van der Waals surface area contributed by atoms with Gasteiger partial charge in [0, 0.05) is 52.8 Å². The van der Waals surface area contributed by atoms with Gasteiger partial charge in [0.2, 0.25) is 0 Å². The minimum Gasteiger partial charge on any atom is -0.492 e. The standard InChI is InChI=1S/C35H36Cl3N3O5/c1-3-4-11-44-30-10-6-9-28(34(30)38)27-8-5-7-25(33(27)37)20-46-32-14-31(45-19-24-12-23(15-39)16-40-17-24)26(13-29(32)36)18-41-35(2,21-42)22-43/h5-10,12-14,16-17,41-43H,3-4,11,18-22H2,1-2H3. The van der Waals surface area contributed by atoms with Crippen LogP contribution in [0, 0.1) is 11.3 Å². The van der Waals surface area contributed by atoms with Crippen LogP contribution in [-0.2, 0) is 19.8 Å². The van der Waals surface area contributed by atoms with Gasteiger partial charge < -0.3 is 29.7 Å². The Labute approximate surface area is 284 Å². The van der Waals surface area contributed by atoms with Gasteiger partial charge in [-0.3, -0.25) is 4.98 Å². The van der Waals surface area contributed by atoms with Gasteiger partial charge in [-0.15, -0.1) is 0 Å². The summed E-state index contributed by atoms with van der Waals surface area (Å²) in [4.78, 5) is 4.10. The van der Waals surface area contributed by atoms with Crippen LogP contribution in [0.1, 0.15) is 48.9 Å². The van der Waals surface area contributed by atoms with Gasteiger partial charge in [0.1, 0.15) is 36.5 Å². The number of aliphatic hydroxyl groups excluding tert-OH is 2. The quantitative estimate of drug-likeness (QED) is 0.103. The van der Waals surface area contributed by atoms with E-state index in [0.29, 0.717) is 55.6 Å². The van der Waals surface area contributed by atoms with Crippen molar-refractivity contribution in [2.24, 2.45) is 0 Å². The predicted octanol–water partition coefficient (Wildman–Crippen LogP) is 7.75. The molecule has 0 saturated heterocycles. The fourth-order valence-corrected chi connectivity index (χ4v) is 5.24. The van der Waals surface area contributed by atoms with Crippen molar-refractivity contribution in [3.63, 3.8) is 0 Å². The SMILES string of the molecule is CCCCOc1cccc(-c2cccc(COc3cc(OCc4cncc(C#N)c4)c(CNC(C)(CO)CO)cc3Cl)c2Cl)c1Cl. The van der Waals surface area contributed by atoms with Crippen LogP contribution >= 0.6 is 34.8 Å². The smallest absolute Gasteiger partial charge is 0.142 e. The first kappa shape index (κ1) is 35.3. The van der Waals surface area contributed by atoms with E-state index in [2.05, 4.69) is 23.3 Å². The Bertz CT molecular complexity index is 1670. The van der Waals surface area contributed by atoms with E-state index in [1.165, 1.54) is 6.20 Å². The molecule has 8 nitrogen and oxygen atoms in total. The lowest BCUT2D eigenvalue weighted by Gasteiger charge is -2.27. The molecule has 46 heavy (non-hydrogen) atoms. The summed E-state index contributed by atoms with van der Waals surface area (Å²) >= 11 is 20.3. The summed E-state index contributed by atoms with van der Waals surface area (Å²) in [6, 6.07) is 18.4. The van der Waals surface area contributed by atoms with Crippen LogP contribution in [0.5, 0.6) is 17.2 Å². The Morgan fingerprint density at radius 3 is 2.28 bits per heavy atom. The number of hydrogen-bond donors (Lipinski definition) is 3. The second-order valence-corrected chi connectivity index (χ2v) is 12.2. The Morgan fingerprint density at radius 1 is 0.848 bits per heavy atom. The molecule has 0 amide bonds. The maximum absolute atomic E-state index is 9.74. The molecule has 0 aliphatic rings. The molecule has 0 unspecified atom stereocenters. The number of nitriles is 1. The van der Waals surface area contributed by atoms with Crippen LogP contribution in [-0.4, -0.2) is 40.6 Å². The second kappa shape index (κ2) is 16.8. The van der Waals surface area contributed by atoms with Gasteiger partial charge in [0.25, 0.3) is 0 Å². The predicted molar refractivity (Wildman–Crippen MR) is 181 cm³/mol. The fraction of sp³-hybridized carbons (Fsp3) is 0.314. The summed E-state index contributed by atoms with van der Waals surface area (Å²) in [7, 11) is 0. The van der Waals surface area contributed by atoms with Gasteiger partial charge in [-0.2, -0.15) is 5.26 Å². The molecular formula is C35H36Cl3N3O5. The molecule has 242 valence electrons. The minimum absolute atomic E-state index is 0.106. The van der Waals surface area contributed by atoms with Crippen LogP contribution in [0.4, 0.5) is 0 Å². The lowest BCUT2D eigenvalue weighted by Crippen LogP contribution is -2.48. The molecule has 0 fully saturated rings. The fourth-order valence-electron chi connectivity index (χ4n) is 4.43. The molecule has 0 saturated carbocycles. The van der Waals surface area contributed by atoms with E-state index in [1.807, 2.05) is 36.4 Å². The first-order valence-electron chi connectivity index (χ1n) is 14.8. The Hall–Kier alpha value is -3.55. The lowest BCUT2D eigenvalue weighted by molar-refractivity contribution is 0.103. The van der Waals surface area contributed by atoms with E-state index in [1.54, 1.807) is 31.3 Å². The molecular weight excluding hydrogens is 649 g/mol. The zero-order chi connectivity index (χ0) is 33.1. The highest BCUT2D eigenvalue weighted by molar-refractivity contribution is 6.37. The third-order valence-corrected chi connectivity index (χ3v) is 8.44. The van der Waals surface area contributed by atoms with Crippen LogP contribution < -0.4 is 19.5 Å². The van der Waals surface area contributed by atoms with E-state index in [9.17, 15) is 15.5 Å². The summed E-state index contributed by atoms with van der Waals surface area (Å²) in [5, 5.41) is 33.2. The second-order valence-electron chi connectivity index (χ2n) is 11.0. The largest absolute Gasteiger partial charge is 0.492 e. The monoisotopic (exact) mass is 683 g/mol. The van der Waals surface area contributed by atoms with Crippen molar-refractivity contribution < 1.29 is 24.4 Å². The summed E-state index contributed by atoms with van der Waals surface area (Å²) in [5.74, 6) is 1.42. The van der Waals surface area contributed by atoms with Crippen molar-refractivity contribution in [1.82, 2.24) is 10.3 Å². The summed E-state index contributed by atoms with van der Waals surface area (Å²) in [5.41, 5.74) is 3.09. The van der Waals surface area contributed by atoms with Crippen molar-refractivity contribution in [2.45, 2.75) is 52.0 Å². The number of unbranched alkanes of at least 4 members (excludes halogenated alkanes) is 1. The molecule has 3 aromatic carbocycles. The molecule has 11 heteroatoms. The highest BCUT2D eigenvalue weighted by atomic mass is 35.5. The third-order valence-electron chi connectivity index (χ3n) is 7.31. The highest BCUT2D eigenvalue weighted by Gasteiger charge is 2.23. The zero-order valence-corrected chi connectivity index (χ0v) is 27.9. The normalized spacial score (nSPS) is 11.3. The molecule has 3 N–H and O–H groups in total. The van der Waals surface area contributed by atoms with Crippen LogP contribution in [0.3, 0.4) is 0 Å². The number of ether oxygens (including phenoxy) is 3. The van der Waals surface area contributed by atoms with E-state index in [0.717, 1.165) is 29.5 Å². The summed E-state index contributed by atoms with van der Waals surface area (Å²) < 4.78 is 18.2. The van der Waals surface area contributed by atoms with Gasteiger partial charge in [0.15, 0.2) is 0 Å². The molecule has 1 aromatic heterocycles. The Kier molecular flexibility index (Phi) is 12.9. The molecule has 4 aromatic rings. The van der Waals surface area contributed by atoms with Gasteiger partial charge in [-0.1, -0.05) is 78.5 Å². The number of halogens is 3. The number of benzene rings is 3.